The molecule has 0 aliphatic carbocycles. The predicted octanol–water partition coefficient (Wildman–Crippen LogP) is 2.95. The highest BCUT2D eigenvalue weighted by atomic mass is 32.2. The number of thiocarbonyl (C=S) groups is 1. The maximum atomic E-state index is 13.0. The van der Waals surface area contributed by atoms with Crippen molar-refractivity contribution in [2.75, 3.05) is 25.5 Å². The molecular formula is C17H27N3O3S2. The molecule has 0 bridgehead atoms. The third-order valence-corrected chi connectivity index (χ3v) is 6.16. The van der Waals surface area contributed by atoms with Crippen LogP contribution in [0.25, 0.3) is 0 Å². The topological polar surface area (TPSA) is 70.7 Å². The van der Waals surface area contributed by atoms with E-state index in [1.807, 2.05) is 13.8 Å². The second-order valence-electron chi connectivity index (χ2n) is 6.43. The first-order chi connectivity index (χ1) is 11.8. The van der Waals surface area contributed by atoms with Gasteiger partial charge in [-0.2, -0.15) is 4.31 Å². The number of methoxy groups -OCH3 is 1. The molecule has 6 nitrogen and oxygen atoms in total. The van der Waals surface area contributed by atoms with Gasteiger partial charge in [0, 0.05) is 19.1 Å². The first-order valence-electron chi connectivity index (χ1n) is 8.60. The molecule has 1 aliphatic rings. The summed E-state index contributed by atoms with van der Waals surface area (Å²) in [5.74, 6) is 0.544. The first kappa shape index (κ1) is 19.9. The van der Waals surface area contributed by atoms with Crippen molar-refractivity contribution in [1.29, 1.82) is 0 Å². The largest absolute Gasteiger partial charge is 0.495 e. The van der Waals surface area contributed by atoms with Crippen molar-refractivity contribution in [3.63, 3.8) is 0 Å². The number of hydrogen-bond donors (Lipinski definition) is 2. The number of nitrogens with one attached hydrogen (secondary N) is 2. The van der Waals surface area contributed by atoms with Crippen molar-refractivity contribution >= 4 is 33.0 Å². The Kier molecular flexibility index (Phi) is 7.04. The van der Waals surface area contributed by atoms with Crippen LogP contribution < -0.4 is 15.4 Å². The van der Waals surface area contributed by atoms with E-state index in [1.54, 1.807) is 29.6 Å². The highest BCUT2D eigenvalue weighted by molar-refractivity contribution is 7.89. The van der Waals surface area contributed by atoms with Gasteiger partial charge in [-0.3, -0.25) is 0 Å². The molecule has 0 atom stereocenters. The fourth-order valence-corrected chi connectivity index (χ4v) is 4.69. The molecule has 2 N–H and O–H groups in total. The molecule has 1 aromatic rings. The number of rotatable bonds is 5. The molecule has 1 aromatic carbocycles. The second-order valence-corrected chi connectivity index (χ2v) is 8.78. The standard InChI is InChI=1S/C17H27N3O3S2/c1-13(2)18-17(24)19-15-12-14(8-9-16(15)23-3)25(21,22)20-10-6-4-5-7-11-20/h8-9,12-13H,4-7,10-11H2,1-3H3,(H2,18,19,24). The number of benzene rings is 1. The van der Waals surface area contributed by atoms with E-state index in [1.165, 1.54) is 0 Å². The number of anilines is 1. The minimum absolute atomic E-state index is 0.176. The Morgan fingerprint density at radius 1 is 1.20 bits per heavy atom. The van der Waals surface area contributed by atoms with E-state index in [0.717, 1.165) is 25.7 Å². The zero-order valence-corrected chi connectivity index (χ0v) is 16.7. The van der Waals surface area contributed by atoms with Gasteiger partial charge in [0.25, 0.3) is 0 Å². The predicted molar refractivity (Wildman–Crippen MR) is 105 cm³/mol. The van der Waals surface area contributed by atoms with Crippen LogP contribution in [-0.4, -0.2) is 44.1 Å². The average molecular weight is 386 g/mol. The second kappa shape index (κ2) is 8.82. The third-order valence-electron chi connectivity index (χ3n) is 4.04. The van der Waals surface area contributed by atoms with Crippen LogP contribution in [-0.2, 0) is 10.0 Å². The molecule has 1 aliphatic heterocycles. The van der Waals surface area contributed by atoms with Gasteiger partial charge in [0.05, 0.1) is 17.7 Å². The van der Waals surface area contributed by atoms with Gasteiger partial charge in [-0.15, -0.1) is 0 Å². The summed E-state index contributed by atoms with van der Waals surface area (Å²) in [6.45, 7) is 5.10. The molecule has 1 saturated heterocycles. The van der Waals surface area contributed by atoms with Gasteiger partial charge in [-0.25, -0.2) is 8.42 Å². The molecule has 140 valence electrons. The van der Waals surface area contributed by atoms with E-state index in [-0.39, 0.29) is 10.9 Å². The van der Waals surface area contributed by atoms with Crippen molar-refractivity contribution in [1.82, 2.24) is 9.62 Å². The van der Waals surface area contributed by atoms with Crippen LogP contribution in [0, 0.1) is 0 Å². The van der Waals surface area contributed by atoms with Gasteiger partial charge in [0.15, 0.2) is 5.11 Å². The van der Waals surface area contributed by atoms with Crippen molar-refractivity contribution in [2.24, 2.45) is 0 Å². The minimum Gasteiger partial charge on any atom is -0.495 e. The lowest BCUT2D eigenvalue weighted by Crippen LogP contribution is -2.34. The lowest BCUT2D eigenvalue weighted by Gasteiger charge is -2.21. The number of hydrogen-bond acceptors (Lipinski definition) is 4. The third kappa shape index (κ3) is 5.29. The molecule has 0 spiro atoms. The number of nitrogens with zero attached hydrogens (tertiary/aromatic N) is 1. The van der Waals surface area contributed by atoms with E-state index in [0.29, 0.717) is 29.6 Å². The highest BCUT2D eigenvalue weighted by Crippen LogP contribution is 2.29. The van der Waals surface area contributed by atoms with Crippen molar-refractivity contribution in [2.45, 2.75) is 50.5 Å². The summed E-state index contributed by atoms with van der Waals surface area (Å²) in [7, 11) is -1.97. The first-order valence-corrected chi connectivity index (χ1v) is 10.4. The Morgan fingerprint density at radius 2 is 1.84 bits per heavy atom. The normalized spacial score (nSPS) is 16.3. The van der Waals surface area contributed by atoms with Gasteiger partial charge in [-0.1, -0.05) is 12.8 Å². The van der Waals surface area contributed by atoms with Crippen molar-refractivity contribution in [3.05, 3.63) is 18.2 Å². The lowest BCUT2D eigenvalue weighted by molar-refractivity contribution is 0.415. The monoisotopic (exact) mass is 385 g/mol. The highest BCUT2D eigenvalue weighted by Gasteiger charge is 2.26. The molecule has 8 heteroatoms. The summed E-state index contributed by atoms with van der Waals surface area (Å²) in [5, 5.41) is 6.54. The van der Waals surface area contributed by atoms with Gasteiger partial charge in [0.1, 0.15) is 5.75 Å². The van der Waals surface area contributed by atoms with E-state index in [9.17, 15) is 8.42 Å². The van der Waals surface area contributed by atoms with E-state index in [2.05, 4.69) is 10.6 Å². The van der Waals surface area contributed by atoms with Crippen LogP contribution in [0.4, 0.5) is 5.69 Å². The van der Waals surface area contributed by atoms with E-state index < -0.39 is 10.0 Å². The molecule has 0 amide bonds. The quantitative estimate of drug-likeness (QED) is 0.760. The lowest BCUT2D eigenvalue weighted by atomic mass is 10.2. The number of sulfonamides is 1. The summed E-state index contributed by atoms with van der Waals surface area (Å²) >= 11 is 5.26. The molecule has 0 aromatic heterocycles. The molecule has 0 unspecified atom stereocenters. The van der Waals surface area contributed by atoms with Crippen LogP contribution in [0.1, 0.15) is 39.5 Å². The van der Waals surface area contributed by atoms with Crippen molar-refractivity contribution < 1.29 is 13.2 Å². The fraction of sp³-hybridized carbons (Fsp3) is 0.588. The summed E-state index contributed by atoms with van der Waals surface area (Å²) < 4.78 is 32.8. The molecular weight excluding hydrogens is 358 g/mol. The Bertz CT molecular complexity index is 697. The van der Waals surface area contributed by atoms with Gasteiger partial charge >= 0.3 is 0 Å². The molecule has 25 heavy (non-hydrogen) atoms. The maximum Gasteiger partial charge on any atom is 0.243 e. The summed E-state index contributed by atoms with van der Waals surface area (Å²) in [4.78, 5) is 0.255. The Morgan fingerprint density at radius 3 is 2.40 bits per heavy atom. The Hall–Kier alpha value is -1.38. The zero-order chi connectivity index (χ0) is 18.4. The van der Waals surface area contributed by atoms with Crippen LogP contribution >= 0.6 is 12.2 Å². The molecule has 1 fully saturated rings. The minimum atomic E-state index is -3.52. The van der Waals surface area contributed by atoms with Gasteiger partial charge < -0.3 is 15.4 Å². The maximum absolute atomic E-state index is 13.0. The Labute approximate surface area is 156 Å². The summed E-state index contributed by atoms with van der Waals surface area (Å²) in [6, 6.07) is 5.01. The molecule has 1 heterocycles. The molecule has 0 saturated carbocycles. The van der Waals surface area contributed by atoms with Crippen LogP contribution in [0.5, 0.6) is 5.75 Å². The van der Waals surface area contributed by atoms with Crippen LogP contribution in [0.2, 0.25) is 0 Å². The molecule has 2 rings (SSSR count). The molecule has 0 radical (unpaired) electrons. The summed E-state index contributed by atoms with van der Waals surface area (Å²) in [5.41, 5.74) is 0.538. The van der Waals surface area contributed by atoms with E-state index >= 15 is 0 Å². The zero-order valence-electron chi connectivity index (χ0n) is 15.0. The van der Waals surface area contributed by atoms with E-state index in [4.69, 9.17) is 17.0 Å². The van der Waals surface area contributed by atoms with Crippen LogP contribution in [0.15, 0.2) is 23.1 Å². The van der Waals surface area contributed by atoms with Crippen LogP contribution in [0.3, 0.4) is 0 Å². The SMILES string of the molecule is COc1ccc(S(=O)(=O)N2CCCCCC2)cc1NC(=S)NC(C)C. The Balaban J connectivity index is 2.29. The smallest absolute Gasteiger partial charge is 0.243 e. The van der Waals surface area contributed by atoms with Gasteiger partial charge in [-0.05, 0) is 57.1 Å². The number of ether oxygens (including phenoxy) is 1. The van der Waals surface area contributed by atoms with Gasteiger partial charge in [0.2, 0.25) is 10.0 Å². The summed E-state index contributed by atoms with van der Waals surface area (Å²) in [6.07, 6.45) is 3.97. The average Bonchev–Trinajstić information content (AvgIpc) is 2.83. The fourth-order valence-electron chi connectivity index (χ4n) is 2.80. The van der Waals surface area contributed by atoms with Crippen molar-refractivity contribution in [3.8, 4) is 5.75 Å².